The minimum absolute atomic E-state index is 0.0593. The number of hydrogen-bond acceptors (Lipinski definition) is 2. The zero-order valence-corrected chi connectivity index (χ0v) is 18.3. The number of nitrogens with one attached hydrogen (secondary N) is 3. The van der Waals surface area contributed by atoms with Gasteiger partial charge in [-0.1, -0.05) is 30.3 Å². The van der Waals surface area contributed by atoms with Crippen molar-refractivity contribution in [3.8, 4) is 0 Å². The molecule has 5 nitrogen and oxygen atoms in total. The third-order valence-electron chi connectivity index (χ3n) is 5.18. The van der Waals surface area contributed by atoms with E-state index in [4.69, 9.17) is 12.2 Å². The smallest absolute Gasteiger partial charge is 0.253 e. The SMILES string of the molecule is Cc1ccc2cc(CN(CC[NH+](C)C)C(=S)Nc3ccccc3)c(=O)[nH]c2c1C. The van der Waals surface area contributed by atoms with Gasteiger partial charge in [0.15, 0.2) is 5.11 Å². The molecular formula is C23H29N4OS+. The van der Waals surface area contributed by atoms with Gasteiger partial charge in [-0.2, -0.15) is 0 Å². The molecule has 0 fully saturated rings. The third-order valence-corrected chi connectivity index (χ3v) is 5.54. The molecular weight excluding hydrogens is 380 g/mol. The van der Waals surface area contributed by atoms with Crippen LogP contribution in [0.2, 0.25) is 0 Å². The van der Waals surface area contributed by atoms with Gasteiger partial charge < -0.3 is 20.1 Å². The summed E-state index contributed by atoms with van der Waals surface area (Å²) in [5.74, 6) is 0. The van der Waals surface area contributed by atoms with E-state index >= 15 is 0 Å². The zero-order valence-electron chi connectivity index (χ0n) is 17.5. The van der Waals surface area contributed by atoms with Crippen molar-refractivity contribution in [2.75, 3.05) is 32.5 Å². The summed E-state index contributed by atoms with van der Waals surface area (Å²) in [6, 6.07) is 16.0. The number of fused-ring (bicyclic) bond motifs is 1. The first kappa shape index (κ1) is 21.0. The Bertz CT molecular complexity index is 1060. The summed E-state index contributed by atoms with van der Waals surface area (Å²) < 4.78 is 0. The summed E-state index contributed by atoms with van der Waals surface area (Å²) in [5, 5.41) is 4.96. The summed E-state index contributed by atoms with van der Waals surface area (Å²) in [6.07, 6.45) is 0. The third kappa shape index (κ3) is 5.22. The second-order valence-corrected chi connectivity index (χ2v) is 8.16. The molecule has 1 aromatic heterocycles. The summed E-state index contributed by atoms with van der Waals surface area (Å²) in [7, 11) is 4.22. The van der Waals surface area contributed by atoms with E-state index in [9.17, 15) is 4.79 Å². The van der Waals surface area contributed by atoms with Crippen LogP contribution >= 0.6 is 12.2 Å². The van der Waals surface area contributed by atoms with Gasteiger partial charge in [0, 0.05) is 11.3 Å². The minimum Gasteiger partial charge on any atom is -0.339 e. The van der Waals surface area contributed by atoms with Gasteiger partial charge in [-0.05, 0) is 60.8 Å². The largest absolute Gasteiger partial charge is 0.339 e. The van der Waals surface area contributed by atoms with Crippen molar-refractivity contribution in [1.29, 1.82) is 0 Å². The Morgan fingerprint density at radius 3 is 2.55 bits per heavy atom. The van der Waals surface area contributed by atoms with Gasteiger partial charge in [-0.15, -0.1) is 0 Å². The molecule has 152 valence electrons. The van der Waals surface area contributed by atoms with Crippen LogP contribution in [0.5, 0.6) is 0 Å². The van der Waals surface area contributed by atoms with Crippen LogP contribution in [-0.4, -0.2) is 42.2 Å². The summed E-state index contributed by atoms with van der Waals surface area (Å²) in [5.41, 5.74) is 4.79. The number of quaternary nitrogens is 1. The van der Waals surface area contributed by atoms with Gasteiger partial charge in [0.1, 0.15) is 0 Å². The summed E-state index contributed by atoms with van der Waals surface area (Å²) in [6.45, 7) is 6.23. The molecule has 0 aliphatic heterocycles. The highest BCUT2D eigenvalue weighted by Gasteiger charge is 2.15. The molecule has 6 heteroatoms. The molecule has 0 aliphatic rings. The van der Waals surface area contributed by atoms with Crippen molar-refractivity contribution >= 4 is 33.9 Å². The Morgan fingerprint density at radius 2 is 1.86 bits per heavy atom. The predicted molar refractivity (Wildman–Crippen MR) is 125 cm³/mol. The number of aryl methyl sites for hydroxylation is 2. The number of likely N-dealkylation sites (N-methyl/N-ethyl adjacent to an activating group) is 1. The standard InChI is InChI=1S/C23H28N4OS/c1-16-10-11-18-14-19(22(28)25-21(18)17(16)2)15-27(13-12-26(3)4)23(29)24-20-8-6-5-7-9-20/h5-11,14H,12-13,15H2,1-4H3,(H,24,29)(H,25,28)/p+1. The van der Waals surface area contributed by atoms with E-state index in [1.807, 2.05) is 43.3 Å². The lowest BCUT2D eigenvalue weighted by Crippen LogP contribution is -3.06. The molecule has 1 heterocycles. The van der Waals surface area contributed by atoms with Gasteiger partial charge in [0.25, 0.3) is 5.56 Å². The molecule has 3 rings (SSSR count). The maximum absolute atomic E-state index is 12.8. The van der Waals surface area contributed by atoms with E-state index < -0.39 is 0 Å². The molecule has 2 aromatic carbocycles. The van der Waals surface area contributed by atoms with E-state index in [1.165, 1.54) is 10.5 Å². The topological polar surface area (TPSA) is 52.6 Å². The molecule has 3 aromatic rings. The van der Waals surface area contributed by atoms with Gasteiger partial charge >= 0.3 is 0 Å². The molecule has 0 bridgehead atoms. The van der Waals surface area contributed by atoms with Crippen molar-refractivity contribution in [1.82, 2.24) is 9.88 Å². The molecule has 0 aliphatic carbocycles. The van der Waals surface area contributed by atoms with Crippen molar-refractivity contribution in [3.63, 3.8) is 0 Å². The summed E-state index contributed by atoms with van der Waals surface area (Å²) in [4.78, 5) is 19.3. The van der Waals surface area contributed by atoms with E-state index in [2.05, 4.69) is 48.4 Å². The number of anilines is 1. The van der Waals surface area contributed by atoms with Gasteiger partial charge in [-0.25, -0.2) is 0 Å². The number of para-hydroxylation sites is 1. The highest BCUT2D eigenvalue weighted by atomic mass is 32.1. The highest BCUT2D eigenvalue weighted by Crippen LogP contribution is 2.19. The molecule has 0 amide bonds. The lowest BCUT2D eigenvalue weighted by Gasteiger charge is -2.26. The molecule has 0 unspecified atom stereocenters. The average molecular weight is 410 g/mol. The first-order chi connectivity index (χ1) is 13.8. The average Bonchev–Trinajstić information content (AvgIpc) is 2.69. The molecule has 0 atom stereocenters. The quantitative estimate of drug-likeness (QED) is 0.548. The fourth-order valence-electron chi connectivity index (χ4n) is 3.23. The fourth-order valence-corrected chi connectivity index (χ4v) is 3.50. The second-order valence-electron chi connectivity index (χ2n) is 7.77. The van der Waals surface area contributed by atoms with Crippen molar-refractivity contribution < 1.29 is 4.90 Å². The second kappa shape index (κ2) is 9.20. The first-order valence-electron chi connectivity index (χ1n) is 9.87. The van der Waals surface area contributed by atoms with Crippen molar-refractivity contribution in [3.05, 3.63) is 75.6 Å². The van der Waals surface area contributed by atoms with Crippen LogP contribution in [0.25, 0.3) is 10.9 Å². The van der Waals surface area contributed by atoms with Crippen LogP contribution < -0.4 is 15.8 Å². The Labute approximate surface area is 177 Å². The van der Waals surface area contributed by atoms with Crippen LogP contribution in [0, 0.1) is 13.8 Å². The number of pyridine rings is 1. The number of nitrogens with zero attached hydrogens (tertiary/aromatic N) is 1. The molecule has 3 N–H and O–H groups in total. The molecule has 0 saturated heterocycles. The Balaban J connectivity index is 1.88. The number of H-pyrrole nitrogens is 1. The van der Waals surface area contributed by atoms with Crippen molar-refractivity contribution in [2.24, 2.45) is 0 Å². The summed E-state index contributed by atoms with van der Waals surface area (Å²) >= 11 is 5.68. The number of hydrogen-bond donors (Lipinski definition) is 3. The van der Waals surface area contributed by atoms with E-state index in [1.54, 1.807) is 0 Å². The minimum atomic E-state index is -0.0593. The number of rotatable bonds is 6. The molecule has 29 heavy (non-hydrogen) atoms. The van der Waals surface area contributed by atoms with Gasteiger partial charge in [-0.3, -0.25) is 4.79 Å². The maximum Gasteiger partial charge on any atom is 0.253 e. The van der Waals surface area contributed by atoms with Gasteiger partial charge in [0.05, 0.1) is 39.2 Å². The first-order valence-corrected chi connectivity index (χ1v) is 10.3. The van der Waals surface area contributed by atoms with Gasteiger partial charge in [0.2, 0.25) is 0 Å². The number of aromatic nitrogens is 1. The molecule has 0 radical (unpaired) electrons. The fraction of sp³-hybridized carbons (Fsp3) is 0.304. The number of benzene rings is 2. The zero-order chi connectivity index (χ0) is 21.0. The van der Waals surface area contributed by atoms with E-state index in [0.717, 1.165) is 35.2 Å². The Hall–Kier alpha value is -2.70. The molecule has 0 saturated carbocycles. The Kier molecular flexibility index (Phi) is 6.67. The molecule has 0 spiro atoms. The number of aromatic amines is 1. The van der Waals surface area contributed by atoms with E-state index in [-0.39, 0.29) is 5.56 Å². The highest BCUT2D eigenvalue weighted by molar-refractivity contribution is 7.80. The lowest BCUT2D eigenvalue weighted by atomic mass is 10.0. The van der Waals surface area contributed by atoms with Crippen molar-refractivity contribution in [2.45, 2.75) is 20.4 Å². The normalized spacial score (nSPS) is 11.1. The van der Waals surface area contributed by atoms with Crippen LogP contribution in [0.15, 0.2) is 53.3 Å². The van der Waals surface area contributed by atoms with Crippen LogP contribution in [-0.2, 0) is 6.54 Å². The van der Waals surface area contributed by atoms with Crippen LogP contribution in [0.4, 0.5) is 5.69 Å². The maximum atomic E-state index is 12.8. The van der Waals surface area contributed by atoms with E-state index in [0.29, 0.717) is 17.2 Å². The number of thiocarbonyl (C=S) groups is 1. The monoisotopic (exact) mass is 409 g/mol. The van der Waals surface area contributed by atoms with Crippen LogP contribution in [0.3, 0.4) is 0 Å². The predicted octanol–water partition coefficient (Wildman–Crippen LogP) is 2.49. The lowest BCUT2D eigenvalue weighted by molar-refractivity contribution is -0.857. The Morgan fingerprint density at radius 1 is 1.14 bits per heavy atom. The van der Waals surface area contributed by atoms with Crippen LogP contribution in [0.1, 0.15) is 16.7 Å².